The molecular formula is C15H20N2O. The number of rotatable bonds is 4. The highest BCUT2D eigenvalue weighted by molar-refractivity contribution is 5.17. The summed E-state index contributed by atoms with van der Waals surface area (Å²) in [7, 11) is 0. The predicted octanol–water partition coefficient (Wildman–Crippen LogP) is 3.18. The lowest BCUT2D eigenvalue weighted by molar-refractivity contribution is 0.403. The average Bonchev–Trinajstić information content (AvgIpc) is 2.86. The Bertz CT molecular complexity index is 459. The standard InChI is InChI=1S/C15H20N2O/c1-10-7-13(10)15-6-5-12(18-15)9-17-14-4-2-3-11(14)8-16/h5-6,10-11,13-14,17H,2-4,7,9H2,1H3. The van der Waals surface area contributed by atoms with Crippen LogP contribution in [-0.2, 0) is 6.54 Å². The molecule has 0 radical (unpaired) electrons. The lowest BCUT2D eigenvalue weighted by Crippen LogP contribution is -2.31. The van der Waals surface area contributed by atoms with E-state index in [2.05, 4.69) is 30.4 Å². The first-order valence-electron chi connectivity index (χ1n) is 6.99. The number of furan rings is 1. The van der Waals surface area contributed by atoms with Crippen molar-refractivity contribution < 1.29 is 4.42 Å². The third-order valence-corrected chi connectivity index (χ3v) is 4.38. The van der Waals surface area contributed by atoms with E-state index in [-0.39, 0.29) is 5.92 Å². The second-order valence-electron chi connectivity index (χ2n) is 5.78. The molecule has 96 valence electrons. The molecule has 0 aromatic carbocycles. The van der Waals surface area contributed by atoms with E-state index in [1.54, 1.807) is 0 Å². The fourth-order valence-electron chi connectivity index (χ4n) is 3.00. The molecule has 1 heterocycles. The van der Waals surface area contributed by atoms with Crippen LogP contribution in [0.1, 0.15) is 50.0 Å². The van der Waals surface area contributed by atoms with E-state index in [9.17, 15) is 0 Å². The largest absolute Gasteiger partial charge is 0.464 e. The van der Waals surface area contributed by atoms with E-state index in [4.69, 9.17) is 9.68 Å². The Balaban J connectivity index is 1.54. The molecule has 0 spiro atoms. The molecular weight excluding hydrogens is 224 g/mol. The van der Waals surface area contributed by atoms with E-state index < -0.39 is 0 Å². The summed E-state index contributed by atoms with van der Waals surface area (Å²) in [4.78, 5) is 0. The number of nitrogens with one attached hydrogen (secondary N) is 1. The molecule has 4 unspecified atom stereocenters. The van der Waals surface area contributed by atoms with Gasteiger partial charge in [-0.05, 0) is 37.3 Å². The summed E-state index contributed by atoms with van der Waals surface area (Å²) < 4.78 is 5.86. The first-order chi connectivity index (χ1) is 8.78. The molecule has 2 saturated carbocycles. The molecule has 0 aliphatic heterocycles. The summed E-state index contributed by atoms with van der Waals surface area (Å²) in [5.41, 5.74) is 0. The third-order valence-electron chi connectivity index (χ3n) is 4.38. The zero-order valence-electron chi connectivity index (χ0n) is 10.9. The maximum absolute atomic E-state index is 9.03. The Morgan fingerprint density at radius 2 is 2.28 bits per heavy atom. The molecule has 1 aromatic rings. The summed E-state index contributed by atoms with van der Waals surface area (Å²) in [5.74, 6) is 3.77. The van der Waals surface area contributed by atoms with Crippen molar-refractivity contribution in [2.75, 3.05) is 0 Å². The lowest BCUT2D eigenvalue weighted by Gasteiger charge is -2.14. The summed E-state index contributed by atoms with van der Waals surface area (Å²) in [6, 6.07) is 6.93. The van der Waals surface area contributed by atoms with Gasteiger partial charge in [-0.15, -0.1) is 0 Å². The number of nitriles is 1. The van der Waals surface area contributed by atoms with E-state index in [0.29, 0.717) is 12.0 Å². The molecule has 0 bridgehead atoms. The monoisotopic (exact) mass is 244 g/mol. The predicted molar refractivity (Wildman–Crippen MR) is 68.8 cm³/mol. The second kappa shape index (κ2) is 4.78. The van der Waals surface area contributed by atoms with E-state index in [1.807, 2.05) is 0 Å². The molecule has 2 fully saturated rings. The first-order valence-corrected chi connectivity index (χ1v) is 6.99. The highest BCUT2D eigenvalue weighted by atomic mass is 16.3. The average molecular weight is 244 g/mol. The van der Waals surface area contributed by atoms with Crippen LogP contribution in [0, 0.1) is 23.2 Å². The fourth-order valence-corrected chi connectivity index (χ4v) is 3.00. The molecule has 2 aliphatic carbocycles. The van der Waals surface area contributed by atoms with Gasteiger partial charge in [0.25, 0.3) is 0 Å². The third kappa shape index (κ3) is 2.30. The fraction of sp³-hybridized carbons (Fsp3) is 0.667. The molecule has 3 heteroatoms. The number of hydrogen-bond acceptors (Lipinski definition) is 3. The highest BCUT2D eigenvalue weighted by Gasteiger charge is 2.36. The van der Waals surface area contributed by atoms with Gasteiger partial charge in [-0.3, -0.25) is 0 Å². The van der Waals surface area contributed by atoms with Crippen LogP contribution in [0.5, 0.6) is 0 Å². The van der Waals surface area contributed by atoms with E-state index in [1.165, 1.54) is 12.8 Å². The number of hydrogen-bond donors (Lipinski definition) is 1. The van der Waals surface area contributed by atoms with Gasteiger partial charge >= 0.3 is 0 Å². The Morgan fingerprint density at radius 1 is 1.44 bits per heavy atom. The quantitative estimate of drug-likeness (QED) is 0.885. The van der Waals surface area contributed by atoms with Crippen LogP contribution in [0.15, 0.2) is 16.5 Å². The van der Waals surface area contributed by atoms with Crippen molar-refractivity contribution in [2.24, 2.45) is 11.8 Å². The molecule has 4 atom stereocenters. The van der Waals surface area contributed by atoms with Crippen molar-refractivity contribution in [3.8, 4) is 6.07 Å². The Kier molecular flexibility index (Phi) is 3.13. The van der Waals surface area contributed by atoms with Gasteiger partial charge in [-0.1, -0.05) is 13.3 Å². The van der Waals surface area contributed by atoms with Gasteiger partial charge in [0.1, 0.15) is 11.5 Å². The molecule has 1 aromatic heterocycles. The minimum Gasteiger partial charge on any atom is -0.464 e. The van der Waals surface area contributed by atoms with Gasteiger partial charge in [0, 0.05) is 12.0 Å². The van der Waals surface area contributed by atoms with Crippen LogP contribution in [0.4, 0.5) is 0 Å². The van der Waals surface area contributed by atoms with Crippen molar-refractivity contribution in [3.63, 3.8) is 0 Å². The molecule has 2 aliphatic rings. The minimum atomic E-state index is 0.183. The summed E-state index contributed by atoms with van der Waals surface area (Å²) >= 11 is 0. The molecule has 3 rings (SSSR count). The van der Waals surface area contributed by atoms with E-state index in [0.717, 1.165) is 36.8 Å². The molecule has 1 N–H and O–H groups in total. The minimum absolute atomic E-state index is 0.183. The maximum atomic E-state index is 9.03. The number of nitrogens with zero attached hydrogens (tertiary/aromatic N) is 1. The smallest absolute Gasteiger partial charge is 0.117 e. The van der Waals surface area contributed by atoms with E-state index >= 15 is 0 Å². The van der Waals surface area contributed by atoms with Crippen LogP contribution in [-0.4, -0.2) is 6.04 Å². The Hall–Kier alpha value is -1.27. The summed E-state index contributed by atoms with van der Waals surface area (Å²) in [6.45, 7) is 3.02. The highest BCUT2D eigenvalue weighted by Crippen LogP contribution is 2.47. The van der Waals surface area contributed by atoms with Crippen molar-refractivity contribution in [1.82, 2.24) is 5.32 Å². The zero-order valence-corrected chi connectivity index (χ0v) is 10.9. The van der Waals surface area contributed by atoms with Crippen molar-refractivity contribution >= 4 is 0 Å². The van der Waals surface area contributed by atoms with Gasteiger partial charge in [-0.2, -0.15) is 5.26 Å². The molecule has 0 saturated heterocycles. The Morgan fingerprint density at radius 3 is 3.00 bits per heavy atom. The Labute approximate surface area is 108 Å². The van der Waals surface area contributed by atoms with Gasteiger partial charge < -0.3 is 9.73 Å². The molecule has 3 nitrogen and oxygen atoms in total. The topological polar surface area (TPSA) is 49.0 Å². The van der Waals surface area contributed by atoms with Crippen LogP contribution >= 0.6 is 0 Å². The lowest BCUT2D eigenvalue weighted by atomic mass is 10.1. The normalized spacial score (nSPS) is 34.4. The van der Waals surface area contributed by atoms with Crippen LogP contribution in [0.2, 0.25) is 0 Å². The van der Waals surface area contributed by atoms with Gasteiger partial charge in [0.05, 0.1) is 18.5 Å². The van der Waals surface area contributed by atoms with Crippen molar-refractivity contribution in [1.29, 1.82) is 5.26 Å². The molecule has 18 heavy (non-hydrogen) atoms. The maximum Gasteiger partial charge on any atom is 0.117 e. The zero-order chi connectivity index (χ0) is 12.5. The van der Waals surface area contributed by atoms with Gasteiger partial charge in [-0.25, -0.2) is 0 Å². The first kappa shape index (κ1) is 11.8. The SMILES string of the molecule is CC1CC1c1ccc(CNC2CCCC2C#N)o1. The van der Waals surface area contributed by atoms with Crippen LogP contribution in [0.3, 0.4) is 0 Å². The molecule has 0 amide bonds. The van der Waals surface area contributed by atoms with Crippen molar-refractivity contribution in [2.45, 2.75) is 51.1 Å². The van der Waals surface area contributed by atoms with Crippen LogP contribution < -0.4 is 5.32 Å². The van der Waals surface area contributed by atoms with Gasteiger partial charge in [0.2, 0.25) is 0 Å². The van der Waals surface area contributed by atoms with Gasteiger partial charge in [0.15, 0.2) is 0 Å². The summed E-state index contributed by atoms with van der Waals surface area (Å²) in [5, 5.41) is 12.5. The summed E-state index contributed by atoms with van der Waals surface area (Å²) in [6.07, 6.45) is 4.58. The van der Waals surface area contributed by atoms with Crippen LogP contribution in [0.25, 0.3) is 0 Å². The van der Waals surface area contributed by atoms with Crippen molar-refractivity contribution in [3.05, 3.63) is 23.7 Å². The second-order valence-corrected chi connectivity index (χ2v) is 5.78.